The Hall–Kier alpha value is -3.75. The molecule has 3 aromatic rings. The van der Waals surface area contributed by atoms with E-state index < -0.39 is 22.1 Å². The number of aryl methyl sites for hydroxylation is 1. The minimum atomic E-state index is -0.843. The van der Waals surface area contributed by atoms with E-state index in [-0.39, 0.29) is 34.2 Å². The molecule has 0 radical (unpaired) electrons. The number of methoxy groups -OCH3 is 1. The number of carbonyl (C=O) groups excluding carboxylic acids is 1. The summed E-state index contributed by atoms with van der Waals surface area (Å²) in [7, 11) is 1.24. The van der Waals surface area contributed by atoms with Crippen molar-refractivity contribution < 1.29 is 24.1 Å². The molecule has 0 fully saturated rings. The molecule has 0 saturated heterocycles. The Morgan fingerprint density at radius 1 is 1.31 bits per heavy atom. The maximum atomic E-state index is 13.0. The normalized spacial score (nSPS) is 10.5. The van der Waals surface area contributed by atoms with E-state index in [1.807, 2.05) is 0 Å². The third-order valence-electron chi connectivity index (χ3n) is 3.67. The number of hydrogen-bond donors (Lipinski definition) is 1. The molecule has 0 amide bonds. The SMILES string of the molecule is COc1cc(-c2noc(C)n2)c(C(=O)c2ccccc2)c([N+](=O)[O-])c1O. The quantitative estimate of drug-likeness (QED) is 0.420. The van der Waals surface area contributed by atoms with Gasteiger partial charge in [0, 0.05) is 18.1 Å². The molecule has 0 bridgehead atoms. The summed E-state index contributed by atoms with van der Waals surface area (Å²) in [6.07, 6.45) is 0. The fourth-order valence-electron chi connectivity index (χ4n) is 2.52. The zero-order valence-electron chi connectivity index (χ0n) is 13.8. The highest BCUT2D eigenvalue weighted by Gasteiger charge is 2.34. The Balaban J connectivity index is 2.37. The van der Waals surface area contributed by atoms with E-state index in [0.29, 0.717) is 0 Å². The predicted molar refractivity (Wildman–Crippen MR) is 89.2 cm³/mol. The zero-order chi connectivity index (χ0) is 18.8. The van der Waals surface area contributed by atoms with Gasteiger partial charge in [-0.2, -0.15) is 4.98 Å². The van der Waals surface area contributed by atoms with Crippen LogP contribution in [0.2, 0.25) is 0 Å². The second-order valence-electron chi connectivity index (χ2n) is 5.29. The molecular formula is C17H13N3O6. The van der Waals surface area contributed by atoms with Crippen molar-refractivity contribution in [3.63, 3.8) is 0 Å². The molecule has 132 valence electrons. The molecule has 0 aliphatic rings. The number of carbonyl (C=O) groups is 1. The summed E-state index contributed by atoms with van der Waals surface area (Å²) in [6.45, 7) is 1.54. The number of aromatic hydroxyl groups is 1. The van der Waals surface area contributed by atoms with Crippen LogP contribution in [-0.4, -0.2) is 33.1 Å². The Labute approximate surface area is 147 Å². The summed E-state index contributed by atoms with van der Waals surface area (Å²) in [5.41, 5.74) is -0.894. The number of nitro benzene ring substituents is 1. The largest absolute Gasteiger partial charge is 0.499 e. The van der Waals surface area contributed by atoms with Gasteiger partial charge in [-0.05, 0) is 6.07 Å². The predicted octanol–water partition coefficient (Wildman–Crippen LogP) is 2.90. The lowest BCUT2D eigenvalue weighted by atomic mass is 9.95. The number of rotatable bonds is 5. The number of phenolic OH excluding ortho intramolecular Hbond substituents is 1. The van der Waals surface area contributed by atoms with Gasteiger partial charge < -0.3 is 14.4 Å². The number of nitro groups is 1. The zero-order valence-corrected chi connectivity index (χ0v) is 13.8. The van der Waals surface area contributed by atoms with Crippen LogP contribution in [0.4, 0.5) is 5.69 Å². The third kappa shape index (κ3) is 2.86. The molecule has 0 aliphatic heterocycles. The smallest absolute Gasteiger partial charge is 0.326 e. The molecule has 0 atom stereocenters. The van der Waals surface area contributed by atoms with Crippen LogP contribution in [0, 0.1) is 17.0 Å². The van der Waals surface area contributed by atoms with E-state index in [0.717, 1.165) is 0 Å². The summed E-state index contributed by atoms with van der Waals surface area (Å²) in [5.74, 6) is -1.40. The average Bonchev–Trinajstić information content (AvgIpc) is 3.07. The van der Waals surface area contributed by atoms with Gasteiger partial charge >= 0.3 is 5.69 Å². The van der Waals surface area contributed by atoms with Gasteiger partial charge in [-0.1, -0.05) is 35.5 Å². The Morgan fingerprint density at radius 2 is 2.00 bits per heavy atom. The molecule has 1 N–H and O–H groups in total. The van der Waals surface area contributed by atoms with Crippen LogP contribution in [0.25, 0.3) is 11.4 Å². The Bertz CT molecular complexity index is 997. The summed E-state index contributed by atoms with van der Waals surface area (Å²) in [5, 5.41) is 25.6. The van der Waals surface area contributed by atoms with Gasteiger partial charge in [-0.15, -0.1) is 0 Å². The fourth-order valence-corrected chi connectivity index (χ4v) is 2.52. The molecule has 26 heavy (non-hydrogen) atoms. The molecule has 1 aromatic heterocycles. The lowest BCUT2D eigenvalue weighted by Crippen LogP contribution is -2.09. The van der Waals surface area contributed by atoms with Crippen molar-refractivity contribution in [1.29, 1.82) is 0 Å². The standard InChI is InChI=1S/C17H13N3O6/c1-9-18-17(19-26-9)11-8-12(25-2)16(22)14(20(23)24)13(11)15(21)10-6-4-3-5-7-10/h3-8,22H,1-2H3. The lowest BCUT2D eigenvalue weighted by molar-refractivity contribution is -0.386. The second kappa shape index (κ2) is 6.63. The van der Waals surface area contributed by atoms with Crippen LogP contribution in [0.15, 0.2) is 40.9 Å². The molecule has 1 heterocycles. The van der Waals surface area contributed by atoms with E-state index in [9.17, 15) is 20.0 Å². The number of aromatic nitrogens is 2. The van der Waals surface area contributed by atoms with E-state index in [1.54, 1.807) is 25.1 Å². The van der Waals surface area contributed by atoms with Gasteiger partial charge in [0.1, 0.15) is 5.56 Å². The van der Waals surface area contributed by atoms with E-state index in [1.165, 1.54) is 25.3 Å². The van der Waals surface area contributed by atoms with Crippen molar-refractivity contribution in [2.45, 2.75) is 6.92 Å². The van der Waals surface area contributed by atoms with Crippen molar-refractivity contribution in [3.8, 4) is 22.9 Å². The maximum absolute atomic E-state index is 13.0. The van der Waals surface area contributed by atoms with Crippen LogP contribution in [0.1, 0.15) is 21.8 Å². The number of ketones is 1. The maximum Gasteiger partial charge on any atom is 0.326 e. The molecule has 0 aliphatic carbocycles. The summed E-state index contributed by atoms with van der Waals surface area (Å²) in [4.78, 5) is 27.8. The van der Waals surface area contributed by atoms with Crippen LogP contribution in [0.3, 0.4) is 0 Å². The van der Waals surface area contributed by atoms with Crippen molar-refractivity contribution in [2.75, 3.05) is 7.11 Å². The van der Waals surface area contributed by atoms with Crippen molar-refractivity contribution in [2.24, 2.45) is 0 Å². The lowest BCUT2D eigenvalue weighted by Gasteiger charge is -2.11. The van der Waals surface area contributed by atoms with Crippen LogP contribution < -0.4 is 4.74 Å². The molecule has 3 rings (SSSR count). The van der Waals surface area contributed by atoms with Crippen LogP contribution in [0.5, 0.6) is 11.5 Å². The third-order valence-corrected chi connectivity index (χ3v) is 3.67. The number of benzene rings is 2. The topological polar surface area (TPSA) is 129 Å². The van der Waals surface area contributed by atoms with E-state index in [4.69, 9.17) is 9.26 Å². The molecule has 0 unspecified atom stereocenters. The molecule has 9 heteroatoms. The molecule has 2 aromatic carbocycles. The second-order valence-corrected chi connectivity index (χ2v) is 5.29. The number of hydrogen-bond acceptors (Lipinski definition) is 8. The Kier molecular flexibility index (Phi) is 4.36. The highest BCUT2D eigenvalue weighted by atomic mass is 16.6. The van der Waals surface area contributed by atoms with Crippen molar-refractivity contribution >= 4 is 11.5 Å². The van der Waals surface area contributed by atoms with Crippen molar-refractivity contribution in [3.05, 3.63) is 63.5 Å². The first-order valence-electron chi connectivity index (χ1n) is 7.42. The summed E-state index contributed by atoms with van der Waals surface area (Å²) >= 11 is 0. The summed E-state index contributed by atoms with van der Waals surface area (Å²) in [6, 6.07) is 9.25. The van der Waals surface area contributed by atoms with Gasteiger partial charge in [0.2, 0.25) is 23.2 Å². The van der Waals surface area contributed by atoms with Crippen LogP contribution >= 0.6 is 0 Å². The van der Waals surface area contributed by atoms with Gasteiger partial charge in [-0.3, -0.25) is 14.9 Å². The van der Waals surface area contributed by atoms with Gasteiger partial charge in [0.05, 0.1) is 12.0 Å². The van der Waals surface area contributed by atoms with E-state index in [2.05, 4.69) is 10.1 Å². The highest BCUT2D eigenvalue weighted by Crippen LogP contribution is 2.44. The monoisotopic (exact) mass is 355 g/mol. The number of nitrogens with zero attached hydrogens (tertiary/aromatic N) is 3. The number of ether oxygens (including phenoxy) is 1. The van der Waals surface area contributed by atoms with E-state index >= 15 is 0 Å². The first-order valence-corrected chi connectivity index (χ1v) is 7.42. The van der Waals surface area contributed by atoms with Gasteiger partial charge in [-0.25, -0.2) is 0 Å². The first kappa shape index (κ1) is 17.1. The molecule has 9 nitrogen and oxygen atoms in total. The van der Waals surface area contributed by atoms with Gasteiger partial charge in [0.15, 0.2) is 5.75 Å². The highest BCUT2D eigenvalue weighted by molar-refractivity contribution is 6.16. The first-order chi connectivity index (χ1) is 12.4. The average molecular weight is 355 g/mol. The van der Waals surface area contributed by atoms with Crippen molar-refractivity contribution in [1.82, 2.24) is 10.1 Å². The minimum Gasteiger partial charge on any atom is -0.499 e. The van der Waals surface area contributed by atoms with Crippen LogP contribution in [-0.2, 0) is 0 Å². The van der Waals surface area contributed by atoms with Gasteiger partial charge in [0.25, 0.3) is 0 Å². The summed E-state index contributed by atoms with van der Waals surface area (Å²) < 4.78 is 9.91. The number of phenols is 1. The Morgan fingerprint density at radius 3 is 2.54 bits per heavy atom. The fraction of sp³-hybridized carbons (Fsp3) is 0.118. The minimum absolute atomic E-state index is 0.0248. The molecule has 0 saturated carbocycles. The molecule has 0 spiro atoms. The molecular weight excluding hydrogens is 342 g/mol.